The minimum atomic E-state index is -0.374. The number of hydrogen-bond acceptors (Lipinski definition) is 3. The predicted octanol–water partition coefficient (Wildman–Crippen LogP) is 3.38. The summed E-state index contributed by atoms with van der Waals surface area (Å²) < 4.78 is 0. The molecule has 1 amide bonds. The molecule has 0 aliphatic rings. The van der Waals surface area contributed by atoms with Gasteiger partial charge in [-0.3, -0.25) is 9.63 Å². The van der Waals surface area contributed by atoms with Gasteiger partial charge in [0, 0.05) is 18.5 Å². The summed E-state index contributed by atoms with van der Waals surface area (Å²) in [5.41, 5.74) is 1.40. The zero-order chi connectivity index (χ0) is 16.7. The molecule has 0 fully saturated rings. The Bertz CT molecular complexity index is 511. The minimum absolute atomic E-state index is 0.0331. The van der Waals surface area contributed by atoms with E-state index >= 15 is 0 Å². The van der Waals surface area contributed by atoms with Crippen LogP contribution in [0.2, 0.25) is 0 Å². The topological polar surface area (TPSA) is 49.8 Å². The van der Waals surface area contributed by atoms with Gasteiger partial charge in [-0.05, 0) is 24.0 Å². The van der Waals surface area contributed by atoms with Crippen LogP contribution in [-0.4, -0.2) is 36.3 Å². The summed E-state index contributed by atoms with van der Waals surface area (Å²) in [6.45, 7) is 6.16. The number of hydroxylamine groups is 2. The molecule has 0 saturated heterocycles. The third-order valence-corrected chi connectivity index (χ3v) is 3.65. The molecule has 0 aliphatic heterocycles. The van der Waals surface area contributed by atoms with Crippen molar-refractivity contribution in [1.82, 2.24) is 5.06 Å². The van der Waals surface area contributed by atoms with Gasteiger partial charge >= 0.3 is 0 Å². The standard InChI is InChI=1S/C18H27NO3/c1-13(2)12-17(20)14(3)10-11-15-8-6-7-9-16(15)18(21)19(4)22-5/h6-11,13-14,17,20H,12H2,1-5H3/b11-10+/t14-,17-/m1/s1. The van der Waals surface area contributed by atoms with Crippen LogP contribution >= 0.6 is 0 Å². The first-order valence-electron chi connectivity index (χ1n) is 7.64. The Labute approximate surface area is 133 Å². The summed E-state index contributed by atoms with van der Waals surface area (Å²) in [6, 6.07) is 7.37. The summed E-state index contributed by atoms with van der Waals surface area (Å²) in [5.74, 6) is 0.291. The van der Waals surface area contributed by atoms with Crippen molar-refractivity contribution in [1.29, 1.82) is 0 Å². The number of hydrogen-bond donors (Lipinski definition) is 1. The second-order valence-corrected chi connectivity index (χ2v) is 5.99. The lowest BCUT2D eigenvalue weighted by molar-refractivity contribution is -0.0757. The lowest BCUT2D eigenvalue weighted by Crippen LogP contribution is -2.26. The van der Waals surface area contributed by atoms with Crippen LogP contribution in [0, 0.1) is 11.8 Å². The molecule has 1 aromatic rings. The van der Waals surface area contributed by atoms with Crippen LogP contribution in [0.5, 0.6) is 0 Å². The Balaban J connectivity index is 2.89. The lowest BCUT2D eigenvalue weighted by Gasteiger charge is -2.18. The van der Waals surface area contributed by atoms with Crippen molar-refractivity contribution in [2.75, 3.05) is 14.2 Å². The predicted molar refractivity (Wildman–Crippen MR) is 89.2 cm³/mol. The highest BCUT2D eigenvalue weighted by Crippen LogP contribution is 2.18. The Hall–Kier alpha value is -1.65. The molecule has 0 bridgehead atoms. The molecular formula is C18H27NO3. The fraction of sp³-hybridized carbons (Fsp3) is 0.500. The molecule has 0 radical (unpaired) electrons. The summed E-state index contributed by atoms with van der Waals surface area (Å²) in [5, 5.41) is 11.3. The van der Waals surface area contributed by atoms with Crippen molar-refractivity contribution >= 4 is 12.0 Å². The van der Waals surface area contributed by atoms with Gasteiger partial charge in [0.05, 0.1) is 13.2 Å². The van der Waals surface area contributed by atoms with Gasteiger partial charge in [0.25, 0.3) is 5.91 Å². The number of carbonyl (C=O) groups excluding carboxylic acids is 1. The Kier molecular flexibility index (Phi) is 7.28. The molecule has 1 N–H and O–H groups in total. The average Bonchev–Trinajstić information content (AvgIpc) is 2.50. The Morgan fingerprint density at radius 3 is 2.55 bits per heavy atom. The fourth-order valence-electron chi connectivity index (χ4n) is 2.17. The van der Waals surface area contributed by atoms with Crippen LogP contribution in [0.25, 0.3) is 6.08 Å². The maximum atomic E-state index is 12.2. The maximum absolute atomic E-state index is 12.2. The van der Waals surface area contributed by atoms with Crippen molar-refractivity contribution < 1.29 is 14.7 Å². The summed E-state index contributed by atoms with van der Waals surface area (Å²) in [6.07, 6.45) is 4.23. The van der Waals surface area contributed by atoms with E-state index < -0.39 is 0 Å². The first-order chi connectivity index (χ1) is 10.4. The van der Waals surface area contributed by atoms with Gasteiger partial charge in [0.1, 0.15) is 0 Å². The van der Waals surface area contributed by atoms with Crippen molar-refractivity contribution in [2.45, 2.75) is 33.3 Å². The minimum Gasteiger partial charge on any atom is -0.393 e. The molecule has 0 aromatic heterocycles. The number of amides is 1. The Morgan fingerprint density at radius 2 is 1.95 bits per heavy atom. The van der Waals surface area contributed by atoms with Gasteiger partial charge in [-0.15, -0.1) is 0 Å². The highest BCUT2D eigenvalue weighted by atomic mass is 16.7. The lowest BCUT2D eigenvalue weighted by atomic mass is 9.94. The number of aliphatic hydroxyl groups excluding tert-OH is 1. The molecule has 2 atom stereocenters. The molecule has 0 unspecified atom stereocenters. The van der Waals surface area contributed by atoms with Crippen LogP contribution in [0.15, 0.2) is 30.3 Å². The summed E-state index contributed by atoms with van der Waals surface area (Å²) in [4.78, 5) is 17.2. The van der Waals surface area contributed by atoms with E-state index in [1.165, 1.54) is 12.2 Å². The first kappa shape index (κ1) is 18.4. The van der Waals surface area contributed by atoms with E-state index in [9.17, 15) is 9.90 Å². The molecule has 0 heterocycles. The maximum Gasteiger partial charge on any atom is 0.277 e. The fourth-order valence-corrected chi connectivity index (χ4v) is 2.17. The van der Waals surface area contributed by atoms with E-state index in [2.05, 4.69) is 13.8 Å². The largest absolute Gasteiger partial charge is 0.393 e. The number of aliphatic hydroxyl groups is 1. The van der Waals surface area contributed by atoms with Gasteiger partial charge in [0.15, 0.2) is 0 Å². The molecule has 1 rings (SSSR count). The highest BCUT2D eigenvalue weighted by Gasteiger charge is 2.15. The van der Waals surface area contributed by atoms with E-state index in [-0.39, 0.29) is 17.9 Å². The molecule has 4 heteroatoms. The van der Waals surface area contributed by atoms with Crippen molar-refractivity contribution in [3.63, 3.8) is 0 Å². The van der Waals surface area contributed by atoms with E-state index in [4.69, 9.17) is 4.84 Å². The molecule has 22 heavy (non-hydrogen) atoms. The molecule has 1 aromatic carbocycles. The van der Waals surface area contributed by atoms with Crippen LogP contribution in [0.1, 0.15) is 43.1 Å². The monoisotopic (exact) mass is 305 g/mol. The SMILES string of the molecule is CON(C)C(=O)c1ccccc1/C=C/[C@@H](C)[C@H](O)CC(C)C. The molecule has 4 nitrogen and oxygen atoms in total. The zero-order valence-electron chi connectivity index (χ0n) is 14.1. The second-order valence-electron chi connectivity index (χ2n) is 5.99. The van der Waals surface area contributed by atoms with E-state index in [0.29, 0.717) is 11.5 Å². The molecular weight excluding hydrogens is 278 g/mol. The average molecular weight is 305 g/mol. The zero-order valence-corrected chi connectivity index (χ0v) is 14.1. The molecule has 122 valence electrons. The van der Waals surface area contributed by atoms with Gasteiger partial charge < -0.3 is 5.11 Å². The van der Waals surface area contributed by atoms with Gasteiger partial charge in [-0.25, -0.2) is 5.06 Å². The number of carbonyl (C=O) groups is 1. The molecule has 0 aliphatic carbocycles. The van der Waals surface area contributed by atoms with Crippen molar-refractivity contribution in [3.05, 3.63) is 41.5 Å². The smallest absolute Gasteiger partial charge is 0.277 e. The van der Waals surface area contributed by atoms with Crippen LogP contribution < -0.4 is 0 Å². The Morgan fingerprint density at radius 1 is 1.32 bits per heavy atom. The quantitative estimate of drug-likeness (QED) is 0.786. The van der Waals surface area contributed by atoms with E-state index in [0.717, 1.165) is 12.0 Å². The molecule has 0 saturated carbocycles. The summed E-state index contributed by atoms with van der Waals surface area (Å²) >= 11 is 0. The van der Waals surface area contributed by atoms with Gasteiger partial charge in [-0.2, -0.15) is 0 Å². The summed E-state index contributed by atoms with van der Waals surface area (Å²) in [7, 11) is 3.04. The second kappa shape index (κ2) is 8.71. The van der Waals surface area contributed by atoms with Gasteiger partial charge in [0.2, 0.25) is 0 Å². The van der Waals surface area contributed by atoms with Crippen LogP contribution in [0.4, 0.5) is 0 Å². The normalized spacial score (nSPS) is 14.3. The van der Waals surface area contributed by atoms with E-state index in [1.807, 2.05) is 37.3 Å². The number of rotatable bonds is 7. The van der Waals surface area contributed by atoms with Crippen LogP contribution in [-0.2, 0) is 4.84 Å². The third kappa shape index (κ3) is 5.28. The van der Waals surface area contributed by atoms with Crippen LogP contribution in [0.3, 0.4) is 0 Å². The highest BCUT2D eigenvalue weighted by molar-refractivity contribution is 5.97. The number of nitrogens with zero attached hydrogens (tertiary/aromatic N) is 1. The van der Waals surface area contributed by atoms with Crippen molar-refractivity contribution in [3.8, 4) is 0 Å². The van der Waals surface area contributed by atoms with E-state index in [1.54, 1.807) is 13.1 Å². The van der Waals surface area contributed by atoms with Gasteiger partial charge in [-0.1, -0.05) is 51.1 Å². The van der Waals surface area contributed by atoms with Crippen molar-refractivity contribution in [2.24, 2.45) is 11.8 Å². The first-order valence-corrected chi connectivity index (χ1v) is 7.64. The number of benzene rings is 1. The third-order valence-electron chi connectivity index (χ3n) is 3.65. The molecule has 0 spiro atoms.